The first kappa shape index (κ1) is 13.7. The molecule has 0 spiro atoms. The number of aromatic nitrogens is 1. The number of nitrogens with zero attached hydrogens (tertiary/aromatic N) is 1. The maximum Gasteiger partial charge on any atom is 0.188 e. The van der Waals surface area contributed by atoms with Gasteiger partial charge in [-0.15, -0.1) is 0 Å². The van der Waals surface area contributed by atoms with Crippen LogP contribution in [-0.2, 0) is 0 Å². The molecule has 0 radical (unpaired) electrons. The van der Waals surface area contributed by atoms with Gasteiger partial charge >= 0.3 is 0 Å². The van der Waals surface area contributed by atoms with Gasteiger partial charge in [0.2, 0.25) is 0 Å². The van der Waals surface area contributed by atoms with Crippen molar-refractivity contribution in [3.05, 3.63) is 42.0 Å². The van der Waals surface area contributed by atoms with Crippen LogP contribution in [0.2, 0.25) is 0 Å². The Labute approximate surface area is 127 Å². The molecule has 0 fully saturated rings. The zero-order valence-electron chi connectivity index (χ0n) is 12.1. The first-order valence-corrected chi connectivity index (χ1v) is 7.37. The molecule has 1 N–H and O–H groups in total. The first-order chi connectivity index (χ1) is 10.2. The van der Waals surface area contributed by atoms with Crippen LogP contribution in [0.4, 0.5) is 10.8 Å². The molecule has 0 saturated heterocycles. The summed E-state index contributed by atoms with van der Waals surface area (Å²) in [6.45, 7) is 2.07. The van der Waals surface area contributed by atoms with E-state index < -0.39 is 0 Å². The quantitative estimate of drug-likeness (QED) is 0.777. The summed E-state index contributed by atoms with van der Waals surface area (Å²) >= 11 is 1.63. The molecular weight excluding hydrogens is 284 g/mol. The Bertz CT molecular complexity index is 783. The number of rotatable bonds is 4. The van der Waals surface area contributed by atoms with Gasteiger partial charge in [-0.3, -0.25) is 0 Å². The summed E-state index contributed by atoms with van der Waals surface area (Å²) in [6, 6.07) is 12.0. The van der Waals surface area contributed by atoms with Crippen LogP contribution in [-0.4, -0.2) is 19.2 Å². The number of methoxy groups -OCH3 is 2. The fraction of sp³-hybridized carbons (Fsp3) is 0.188. The van der Waals surface area contributed by atoms with Crippen LogP contribution in [0.1, 0.15) is 5.56 Å². The lowest BCUT2D eigenvalue weighted by molar-refractivity contribution is 0.355. The molecule has 0 amide bonds. The molecule has 0 aliphatic heterocycles. The lowest BCUT2D eigenvalue weighted by Gasteiger charge is -2.09. The standard InChI is InChI=1S/C16H16N2O2S/c1-10-4-7-15-12(8-10)18-16(21-15)17-11-5-6-13(19-2)14(9-11)20-3/h4-9H,1-3H3,(H,17,18). The van der Waals surface area contributed by atoms with E-state index in [1.807, 2.05) is 18.2 Å². The van der Waals surface area contributed by atoms with Gasteiger partial charge in [0.1, 0.15) is 0 Å². The summed E-state index contributed by atoms with van der Waals surface area (Å²) in [7, 11) is 3.25. The molecule has 4 nitrogen and oxygen atoms in total. The number of ether oxygens (including phenoxy) is 2. The van der Waals surface area contributed by atoms with E-state index in [0.29, 0.717) is 11.5 Å². The van der Waals surface area contributed by atoms with E-state index in [-0.39, 0.29) is 0 Å². The minimum Gasteiger partial charge on any atom is -0.493 e. The Balaban J connectivity index is 1.91. The van der Waals surface area contributed by atoms with Crippen LogP contribution < -0.4 is 14.8 Å². The van der Waals surface area contributed by atoms with Gasteiger partial charge in [-0.2, -0.15) is 0 Å². The fourth-order valence-corrected chi connectivity index (χ4v) is 2.99. The SMILES string of the molecule is COc1ccc(Nc2nc3cc(C)ccc3s2)cc1OC. The molecule has 2 aromatic carbocycles. The number of benzene rings is 2. The molecule has 5 heteroatoms. The highest BCUT2D eigenvalue weighted by atomic mass is 32.1. The first-order valence-electron chi connectivity index (χ1n) is 6.56. The molecule has 1 heterocycles. The van der Waals surface area contributed by atoms with E-state index in [1.54, 1.807) is 25.6 Å². The molecule has 0 aliphatic rings. The van der Waals surface area contributed by atoms with Crippen molar-refractivity contribution in [3.63, 3.8) is 0 Å². The van der Waals surface area contributed by atoms with Crippen LogP contribution in [0.25, 0.3) is 10.2 Å². The van der Waals surface area contributed by atoms with Gasteiger partial charge in [0.15, 0.2) is 16.6 Å². The maximum atomic E-state index is 5.31. The Morgan fingerprint density at radius 2 is 1.81 bits per heavy atom. The molecule has 3 rings (SSSR count). The smallest absolute Gasteiger partial charge is 0.188 e. The zero-order chi connectivity index (χ0) is 14.8. The molecular formula is C16H16N2O2S. The lowest BCUT2D eigenvalue weighted by Crippen LogP contribution is -1.93. The third-order valence-corrected chi connectivity index (χ3v) is 4.13. The molecule has 0 bridgehead atoms. The molecule has 21 heavy (non-hydrogen) atoms. The number of aryl methyl sites for hydroxylation is 1. The molecule has 3 aromatic rings. The van der Waals surface area contributed by atoms with Crippen molar-refractivity contribution >= 4 is 32.4 Å². The van der Waals surface area contributed by atoms with Gasteiger partial charge in [0.05, 0.1) is 24.4 Å². The van der Waals surface area contributed by atoms with E-state index >= 15 is 0 Å². The van der Waals surface area contributed by atoms with Crippen molar-refractivity contribution in [2.24, 2.45) is 0 Å². The van der Waals surface area contributed by atoms with Gasteiger partial charge in [0.25, 0.3) is 0 Å². The van der Waals surface area contributed by atoms with E-state index in [9.17, 15) is 0 Å². The van der Waals surface area contributed by atoms with Crippen LogP contribution >= 0.6 is 11.3 Å². The highest BCUT2D eigenvalue weighted by molar-refractivity contribution is 7.22. The predicted molar refractivity (Wildman–Crippen MR) is 87.2 cm³/mol. The Morgan fingerprint density at radius 3 is 2.57 bits per heavy atom. The van der Waals surface area contributed by atoms with Gasteiger partial charge in [-0.1, -0.05) is 17.4 Å². The van der Waals surface area contributed by atoms with E-state index in [0.717, 1.165) is 16.3 Å². The van der Waals surface area contributed by atoms with Crippen molar-refractivity contribution in [3.8, 4) is 11.5 Å². The highest BCUT2D eigenvalue weighted by Gasteiger charge is 2.07. The predicted octanol–water partition coefficient (Wildman–Crippen LogP) is 4.37. The average Bonchev–Trinajstić information content (AvgIpc) is 2.88. The molecule has 0 unspecified atom stereocenters. The second kappa shape index (κ2) is 5.61. The lowest BCUT2D eigenvalue weighted by atomic mass is 10.2. The third kappa shape index (κ3) is 2.78. The molecule has 108 valence electrons. The largest absolute Gasteiger partial charge is 0.493 e. The van der Waals surface area contributed by atoms with Crippen molar-refractivity contribution in [2.75, 3.05) is 19.5 Å². The molecule has 0 saturated carbocycles. The van der Waals surface area contributed by atoms with Gasteiger partial charge in [-0.25, -0.2) is 4.98 Å². The van der Waals surface area contributed by atoms with Crippen molar-refractivity contribution in [2.45, 2.75) is 6.92 Å². The summed E-state index contributed by atoms with van der Waals surface area (Å²) in [5.41, 5.74) is 3.15. The van der Waals surface area contributed by atoms with Crippen LogP contribution in [0.15, 0.2) is 36.4 Å². The van der Waals surface area contributed by atoms with Gasteiger partial charge < -0.3 is 14.8 Å². The second-order valence-corrected chi connectivity index (χ2v) is 5.72. The maximum absolute atomic E-state index is 5.31. The summed E-state index contributed by atoms with van der Waals surface area (Å²) in [6.07, 6.45) is 0. The Morgan fingerprint density at radius 1 is 1.00 bits per heavy atom. The van der Waals surface area contributed by atoms with Gasteiger partial charge in [-0.05, 0) is 36.8 Å². The minimum atomic E-state index is 0.694. The summed E-state index contributed by atoms with van der Waals surface area (Å²) in [5.74, 6) is 1.41. The molecule has 1 aromatic heterocycles. The number of hydrogen-bond donors (Lipinski definition) is 1. The van der Waals surface area contributed by atoms with E-state index in [1.165, 1.54) is 10.3 Å². The van der Waals surface area contributed by atoms with Crippen LogP contribution in [0, 0.1) is 6.92 Å². The van der Waals surface area contributed by atoms with E-state index in [4.69, 9.17) is 9.47 Å². The Hall–Kier alpha value is -2.27. The normalized spacial score (nSPS) is 10.6. The third-order valence-electron chi connectivity index (χ3n) is 3.18. The summed E-state index contributed by atoms with van der Waals surface area (Å²) in [4.78, 5) is 4.60. The number of hydrogen-bond acceptors (Lipinski definition) is 5. The van der Waals surface area contributed by atoms with Crippen molar-refractivity contribution < 1.29 is 9.47 Å². The summed E-state index contributed by atoms with van der Waals surface area (Å²) < 4.78 is 11.7. The van der Waals surface area contributed by atoms with Crippen LogP contribution in [0.3, 0.4) is 0 Å². The number of thiazole rings is 1. The number of anilines is 2. The number of nitrogens with one attached hydrogen (secondary N) is 1. The second-order valence-electron chi connectivity index (χ2n) is 4.68. The zero-order valence-corrected chi connectivity index (χ0v) is 13.0. The van der Waals surface area contributed by atoms with Crippen molar-refractivity contribution in [1.82, 2.24) is 4.98 Å². The Kier molecular flexibility index (Phi) is 3.66. The molecule has 0 atom stereocenters. The topological polar surface area (TPSA) is 43.4 Å². The summed E-state index contributed by atoms with van der Waals surface area (Å²) in [5, 5.41) is 4.17. The fourth-order valence-electron chi connectivity index (χ4n) is 2.13. The average molecular weight is 300 g/mol. The number of fused-ring (bicyclic) bond motifs is 1. The van der Waals surface area contributed by atoms with Gasteiger partial charge in [0, 0.05) is 11.8 Å². The highest BCUT2D eigenvalue weighted by Crippen LogP contribution is 2.33. The van der Waals surface area contributed by atoms with E-state index in [2.05, 4.69) is 35.4 Å². The minimum absolute atomic E-state index is 0.694. The monoisotopic (exact) mass is 300 g/mol. The molecule has 0 aliphatic carbocycles. The van der Waals surface area contributed by atoms with Crippen molar-refractivity contribution in [1.29, 1.82) is 0 Å². The van der Waals surface area contributed by atoms with Crippen LogP contribution in [0.5, 0.6) is 11.5 Å².